The van der Waals surface area contributed by atoms with Gasteiger partial charge in [-0.25, -0.2) is 14.4 Å². The van der Waals surface area contributed by atoms with E-state index in [9.17, 15) is 4.79 Å². The number of rotatable bonds is 7. The lowest BCUT2D eigenvalue weighted by Crippen LogP contribution is -2.39. The third-order valence-electron chi connectivity index (χ3n) is 6.40. The largest absolute Gasteiger partial charge is 0.490 e. The fourth-order valence-electron chi connectivity index (χ4n) is 4.83. The molecule has 1 fully saturated rings. The first-order chi connectivity index (χ1) is 16.6. The molecule has 8 nitrogen and oxygen atoms in total. The van der Waals surface area contributed by atoms with Gasteiger partial charge in [0.2, 0.25) is 0 Å². The number of nitrogen functional groups attached to an aromatic ring is 1. The predicted octanol–water partition coefficient (Wildman–Crippen LogP) is 4.60. The maximum absolute atomic E-state index is 15.5. The Labute approximate surface area is 209 Å². The summed E-state index contributed by atoms with van der Waals surface area (Å²) in [4.78, 5) is 24.3. The normalized spacial score (nSPS) is 16.9. The molecule has 0 radical (unpaired) electrons. The molecule has 1 aromatic carbocycles. The average Bonchev–Trinajstić information content (AvgIpc) is 3.40. The summed E-state index contributed by atoms with van der Waals surface area (Å²) in [6.45, 7) is 8.33. The molecule has 3 aromatic rings. The molecule has 35 heavy (non-hydrogen) atoms. The first kappa shape index (κ1) is 25.2. The molecule has 0 unspecified atom stereocenters. The van der Waals surface area contributed by atoms with Gasteiger partial charge in [0.05, 0.1) is 29.5 Å². The molecule has 0 bridgehead atoms. The van der Waals surface area contributed by atoms with E-state index in [4.69, 9.17) is 31.8 Å². The summed E-state index contributed by atoms with van der Waals surface area (Å²) in [6, 6.07) is 1.39. The molecule has 0 saturated carbocycles. The number of carbonyl (C=O) groups excluding carboxylic acids is 1. The summed E-state index contributed by atoms with van der Waals surface area (Å²) in [5, 5.41) is -0.146. The van der Waals surface area contributed by atoms with E-state index in [2.05, 4.69) is 4.98 Å². The van der Waals surface area contributed by atoms with Gasteiger partial charge in [-0.05, 0) is 39.7 Å². The van der Waals surface area contributed by atoms with Gasteiger partial charge < -0.3 is 20.1 Å². The number of fused-ring (bicyclic) bond motifs is 1. The number of methoxy groups -OCH3 is 1. The number of nitrogens with two attached hydrogens (primary N) is 1. The minimum Gasteiger partial charge on any atom is -0.490 e. The van der Waals surface area contributed by atoms with Crippen LogP contribution in [0.25, 0.3) is 5.52 Å². The minimum atomic E-state index is -0.788. The molecule has 0 spiro atoms. The van der Waals surface area contributed by atoms with Crippen LogP contribution in [0.3, 0.4) is 0 Å². The van der Waals surface area contributed by atoms with Crippen LogP contribution in [0.2, 0.25) is 5.02 Å². The Morgan fingerprint density at radius 2 is 2.11 bits per heavy atom. The number of benzene rings is 1. The predicted molar refractivity (Wildman–Crippen MR) is 133 cm³/mol. The standard InChI is InChI=1S/C25H31ClFN5O3/c1-13(2)35-22-17(14(3)24-30-15(4)21-23(28)29-8-10-32(21)24)11-18(26)20(27)19(22)25(33)31-9-6-7-16(31)12-34-5/h8,10-11,13-14,16H,6-7,9,12H2,1-5H3,(H2,28,29)/t14-,16-/m0/s1. The second-order valence-electron chi connectivity index (χ2n) is 9.19. The van der Waals surface area contributed by atoms with E-state index in [1.54, 1.807) is 24.4 Å². The molecule has 1 aliphatic heterocycles. The van der Waals surface area contributed by atoms with Gasteiger partial charge >= 0.3 is 0 Å². The quantitative estimate of drug-likeness (QED) is 0.506. The first-order valence-corrected chi connectivity index (χ1v) is 12.1. The summed E-state index contributed by atoms with van der Waals surface area (Å²) in [6.07, 6.45) is 4.68. The Balaban J connectivity index is 1.89. The van der Waals surface area contributed by atoms with Gasteiger partial charge in [-0.15, -0.1) is 0 Å². The fraction of sp³-hybridized carbons (Fsp3) is 0.480. The molecular formula is C25H31ClFN5O3. The van der Waals surface area contributed by atoms with Crippen LogP contribution in [0.4, 0.5) is 10.2 Å². The van der Waals surface area contributed by atoms with Crippen molar-refractivity contribution in [2.45, 2.75) is 58.6 Å². The number of halogens is 2. The lowest BCUT2D eigenvalue weighted by Gasteiger charge is -2.27. The van der Waals surface area contributed by atoms with Crippen molar-refractivity contribution < 1.29 is 18.7 Å². The van der Waals surface area contributed by atoms with Crippen molar-refractivity contribution in [3.63, 3.8) is 0 Å². The van der Waals surface area contributed by atoms with Crippen molar-refractivity contribution >= 4 is 28.8 Å². The third kappa shape index (κ3) is 4.54. The van der Waals surface area contributed by atoms with Crippen LogP contribution in [0.15, 0.2) is 18.5 Å². The number of hydrogen-bond acceptors (Lipinski definition) is 6. The summed E-state index contributed by atoms with van der Waals surface area (Å²) in [5.74, 6) is -0.445. The number of hydrogen-bond donors (Lipinski definition) is 1. The maximum atomic E-state index is 15.5. The van der Waals surface area contributed by atoms with Crippen molar-refractivity contribution in [1.29, 1.82) is 0 Å². The fourth-order valence-corrected chi connectivity index (χ4v) is 5.04. The van der Waals surface area contributed by atoms with Crippen LogP contribution in [-0.4, -0.2) is 57.6 Å². The molecule has 188 valence electrons. The smallest absolute Gasteiger partial charge is 0.261 e. The zero-order valence-corrected chi connectivity index (χ0v) is 21.4. The van der Waals surface area contributed by atoms with Gasteiger partial charge in [0.15, 0.2) is 5.82 Å². The number of carbonyl (C=O) groups is 1. The second kappa shape index (κ2) is 9.99. The maximum Gasteiger partial charge on any atom is 0.261 e. The molecule has 1 aliphatic rings. The topological polar surface area (TPSA) is 95.0 Å². The minimum absolute atomic E-state index is 0.131. The Hall–Kier alpha value is -2.91. The van der Waals surface area contributed by atoms with Gasteiger partial charge in [-0.1, -0.05) is 18.5 Å². The van der Waals surface area contributed by atoms with Crippen LogP contribution in [0.5, 0.6) is 5.75 Å². The molecule has 1 amide bonds. The third-order valence-corrected chi connectivity index (χ3v) is 6.68. The highest BCUT2D eigenvalue weighted by Gasteiger charge is 2.36. The molecule has 1 saturated heterocycles. The Morgan fingerprint density at radius 1 is 1.37 bits per heavy atom. The lowest BCUT2D eigenvalue weighted by molar-refractivity contribution is 0.0620. The van der Waals surface area contributed by atoms with E-state index >= 15 is 4.39 Å². The molecule has 10 heteroatoms. The molecule has 3 heterocycles. The monoisotopic (exact) mass is 503 g/mol. The molecule has 2 aromatic heterocycles. The van der Waals surface area contributed by atoms with Crippen molar-refractivity contribution in [3.8, 4) is 5.75 Å². The van der Waals surface area contributed by atoms with E-state index in [0.29, 0.717) is 41.6 Å². The van der Waals surface area contributed by atoms with Crippen molar-refractivity contribution in [3.05, 3.63) is 51.9 Å². The average molecular weight is 504 g/mol. The van der Waals surface area contributed by atoms with Gasteiger partial charge in [-0.2, -0.15) is 0 Å². The second-order valence-corrected chi connectivity index (χ2v) is 9.60. The Kier molecular flexibility index (Phi) is 7.19. The first-order valence-electron chi connectivity index (χ1n) is 11.7. The van der Waals surface area contributed by atoms with Gasteiger partial charge in [0.1, 0.15) is 28.5 Å². The highest BCUT2D eigenvalue weighted by molar-refractivity contribution is 6.31. The van der Waals surface area contributed by atoms with Crippen molar-refractivity contribution in [2.75, 3.05) is 26.0 Å². The number of anilines is 1. The Morgan fingerprint density at radius 3 is 2.80 bits per heavy atom. The zero-order valence-electron chi connectivity index (χ0n) is 20.6. The van der Waals surface area contributed by atoms with Crippen molar-refractivity contribution in [2.24, 2.45) is 0 Å². The number of likely N-dealkylation sites (tertiary alicyclic amines) is 1. The molecule has 4 rings (SSSR count). The van der Waals surface area contributed by atoms with Crippen LogP contribution in [-0.2, 0) is 4.74 Å². The number of imidazole rings is 1. The van der Waals surface area contributed by atoms with E-state index in [0.717, 1.165) is 12.8 Å². The summed E-state index contributed by atoms with van der Waals surface area (Å²) in [5.41, 5.74) is 7.92. The lowest BCUT2D eigenvalue weighted by atomic mass is 9.95. The highest BCUT2D eigenvalue weighted by Crippen LogP contribution is 2.41. The van der Waals surface area contributed by atoms with Crippen LogP contribution < -0.4 is 10.5 Å². The van der Waals surface area contributed by atoms with Crippen molar-refractivity contribution in [1.82, 2.24) is 19.3 Å². The van der Waals surface area contributed by atoms with Crippen LogP contribution in [0, 0.1) is 12.7 Å². The van der Waals surface area contributed by atoms with Crippen LogP contribution >= 0.6 is 11.6 Å². The molecule has 2 N–H and O–H groups in total. The van der Waals surface area contributed by atoms with E-state index in [1.165, 1.54) is 6.07 Å². The SMILES string of the molecule is COC[C@@H]1CCCN1C(=O)c1c(F)c(Cl)cc([C@H](C)c2nc(C)c3c(N)nccn23)c1OC(C)C. The van der Waals surface area contributed by atoms with Gasteiger partial charge in [0.25, 0.3) is 5.91 Å². The zero-order chi connectivity index (χ0) is 25.4. The summed E-state index contributed by atoms with van der Waals surface area (Å²) < 4.78 is 28.8. The van der Waals surface area contributed by atoms with Crippen LogP contribution in [0.1, 0.15) is 67.0 Å². The number of amides is 1. The molecular weight excluding hydrogens is 473 g/mol. The van der Waals surface area contributed by atoms with E-state index in [-0.39, 0.29) is 28.5 Å². The summed E-state index contributed by atoms with van der Waals surface area (Å²) >= 11 is 6.37. The highest BCUT2D eigenvalue weighted by atomic mass is 35.5. The van der Waals surface area contributed by atoms with E-state index < -0.39 is 17.6 Å². The van der Waals surface area contributed by atoms with E-state index in [1.807, 2.05) is 32.1 Å². The molecule has 0 aliphatic carbocycles. The Bertz CT molecular complexity index is 1260. The number of nitrogens with zero attached hydrogens (tertiary/aromatic N) is 4. The van der Waals surface area contributed by atoms with Gasteiger partial charge in [0, 0.05) is 37.5 Å². The number of ether oxygens (including phenoxy) is 2. The molecule has 2 atom stereocenters. The number of aryl methyl sites for hydroxylation is 1. The number of aromatic nitrogens is 3. The summed E-state index contributed by atoms with van der Waals surface area (Å²) in [7, 11) is 1.59. The van der Waals surface area contributed by atoms with Gasteiger partial charge in [-0.3, -0.25) is 9.20 Å².